The van der Waals surface area contributed by atoms with E-state index in [1.807, 2.05) is 12.1 Å². The maximum Gasteiger partial charge on any atom is 0.0844 e. The number of thiophene rings is 1. The molecule has 0 radical (unpaired) electrons. The number of hydrogen-bond donors (Lipinski definition) is 2. The van der Waals surface area contributed by atoms with Crippen molar-refractivity contribution >= 4 is 21.4 Å². The highest BCUT2D eigenvalue weighted by atomic mass is 32.1. The van der Waals surface area contributed by atoms with Crippen molar-refractivity contribution < 1.29 is 5.11 Å². The minimum atomic E-state index is -0.450. The average molecular weight is 263 g/mol. The van der Waals surface area contributed by atoms with Crippen LogP contribution in [0.3, 0.4) is 0 Å². The van der Waals surface area contributed by atoms with Crippen molar-refractivity contribution in [2.75, 3.05) is 6.54 Å². The summed E-state index contributed by atoms with van der Waals surface area (Å²) in [7, 11) is 0. The van der Waals surface area contributed by atoms with Crippen LogP contribution in [0.25, 0.3) is 10.1 Å². The molecule has 0 saturated heterocycles. The van der Waals surface area contributed by atoms with E-state index in [4.69, 9.17) is 5.73 Å². The molecule has 0 saturated carbocycles. The molecule has 0 amide bonds. The summed E-state index contributed by atoms with van der Waals surface area (Å²) in [5.41, 5.74) is 6.85. The Morgan fingerprint density at radius 3 is 2.67 bits per heavy atom. The van der Waals surface area contributed by atoms with E-state index in [9.17, 15) is 5.11 Å². The van der Waals surface area contributed by atoms with E-state index >= 15 is 0 Å². The first kappa shape index (κ1) is 13.5. The van der Waals surface area contributed by atoms with Crippen LogP contribution >= 0.6 is 11.3 Å². The van der Waals surface area contributed by atoms with Crippen molar-refractivity contribution in [2.45, 2.75) is 26.4 Å². The molecule has 0 aliphatic heterocycles. The fraction of sp³-hybridized carbons (Fsp3) is 0.467. The molecule has 2 aromatic rings. The van der Waals surface area contributed by atoms with Gasteiger partial charge in [0.1, 0.15) is 0 Å². The number of benzene rings is 1. The molecule has 2 atom stereocenters. The Balaban J connectivity index is 2.29. The van der Waals surface area contributed by atoms with Crippen molar-refractivity contribution in [2.24, 2.45) is 17.6 Å². The second-order valence-corrected chi connectivity index (χ2v) is 6.17. The van der Waals surface area contributed by atoms with Gasteiger partial charge >= 0.3 is 0 Å². The maximum absolute atomic E-state index is 10.5. The Morgan fingerprint density at radius 2 is 2.00 bits per heavy atom. The first-order chi connectivity index (χ1) is 8.63. The van der Waals surface area contributed by atoms with E-state index in [1.54, 1.807) is 11.3 Å². The van der Waals surface area contributed by atoms with Gasteiger partial charge in [-0.2, -0.15) is 0 Å². The second-order valence-electron chi connectivity index (χ2n) is 5.26. The van der Waals surface area contributed by atoms with Gasteiger partial charge < -0.3 is 10.8 Å². The molecule has 3 heteroatoms. The van der Waals surface area contributed by atoms with Crippen LogP contribution in [0.15, 0.2) is 29.6 Å². The molecule has 0 bridgehead atoms. The van der Waals surface area contributed by atoms with Crippen LogP contribution in [0.1, 0.15) is 31.9 Å². The van der Waals surface area contributed by atoms with Crippen LogP contribution in [0.2, 0.25) is 0 Å². The molecule has 2 rings (SSSR count). The van der Waals surface area contributed by atoms with Crippen LogP contribution in [0.5, 0.6) is 0 Å². The molecule has 2 nitrogen and oxygen atoms in total. The molecular weight excluding hydrogens is 242 g/mol. The standard InChI is InChI=1S/C15H21NOS/c1-10(2)7-11(8-16)15(17)13-9-18-14-6-4-3-5-12(13)14/h3-6,9-11,15,17H,7-8,16H2,1-2H3. The molecule has 3 N–H and O–H groups in total. The normalized spacial score (nSPS) is 15.2. The van der Waals surface area contributed by atoms with Gasteiger partial charge in [-0.25, -0.2) is 0 Å². The zero-order chi connectivity index (χ0) is 13.1. The van der Waals surface area contributed by atoms with Gasteiger partial charge in [0.25, 0.3) is 0 Å². The lowest BCUT2D eigenvalue weighted by atomic mass is 9.88. The topological polar surface area (TPSA) is 46.2 Å². The van der Waals surface area contributed by atoms with E-state index in [2.05, 4.69) is 31.4 Å². The minimum Gasteiger partial charge on any atom is -0.388 e. The predicted octanol–water partition coefficient (Wildman–Crippen LogP) is 3.56. The molecule has 1 heterocycles. The molecule has 0 aliphatic rings. The molecule has 1 aromatic carbocycles. The highest BCUT2D eigenvalue weighted by molar-refractivity contribution is 7.17. The molecular formula is C15H21NOS. The fourth-order valence-corrected chi connectivity index (χ4v) is 3.43. The van der Waals surface area contributed by atoms with E-state index < -0.39 is 6.10 Å². The Labute approximate surface area is 112 Å². The van der Waals surface area contributed by atoms with Crippen molar-refractivity contribution in [3.63, 3.8) is 0 Å². The summed E-state index contributed by atoms with van der Waals surface area (Å²) in [6, 6.07) is 8.22. The molecule has 1 aromatic heterocycles. The molecule has 0 spiro atoms. The molecule has 0 fully saturated rings. The predicted molar refractivity (Wildman–Crippen MR) is 78.8 cm³/mol. The van der Waals surface area contributed by atoms with Gasteiger partial charge in [-0.15, -0.1) is 11.3 Å². The van der Waals surface area contributed by atoms with E-state index in [1.165, 1.54) is 4.70 Å². The van der Waals surface area contributed by atoms with Crippen molar-refractivity contribution in [3.05, 3.63) is 35.2 Å². The van der Waals surface area contributed by atoms with Crippen LogP contribution in [0.4, 0.5) is 0 Å². The first-order valence-corrected chi connectivity index (χ1v) is 7.35. The Bertz CT molecular complexity index is 506. The SMILES string of the molecule is CC(C)CC(CN)C(O)c1csc2ccccc12. The van der Waals surface area contributed by atoms with Crippen LogP contribution in [-0.2, 0) is 0 Å². The Morgan fingerprint density at radius 1 is 1.28 bits per heavy atom. The lowest BCUT2D eigenvalue weighted by Crippen LogP contribution is -2.23. The monoisotopic (exact) mass is 263 g/mol. The van der Waals surface area contributed by atoms with Crippen molar-refractivity contribution in [1.82, 2.24) is 0 Å². The number of nitrogens with two attached hydrogens (primary N) is 1. The maximum atomic E-state index is 10.5. The highest BCUT2D eigenvalue weighted by Gasteiger charge is 2.23. The van der Waals surface area contributed by atoms with Gasteiger partial charge in [-0.05, 0) is 41.3 Å². The Hall–Kier alpha value is -0.900. The summed E-state index contributed by atoms with van der Waals surface area (Å²) in [5, 5.41) is 13.8. The van der Waals surface area contributed by atoms with E-state index in [0.29, 0.717) is 12.5 Å². The summed E-state index contributed by atoms with van der Waals surface area (Å²) in [6.07, 6.45) is 0.510. The summed E-state index contributed by atoms with van der Waals surface area (Å²) < 4.78 is 1.23. The van der Waals surface area contributed by atoms with Gasteiger partial charge in [-0.3, -0.25) is 0 Å². The first-order valence-electron chi connectivity index (χ1n) is 6.47. The average Bonchev–Trinajstić information content (AvgIpc) is 2.78. The number of fused-ring (bicyclic) bond motifs is 1. The molecule has 2 unspecified atom stereocenters. The lowest BCUT2D eigenvalue weighted by molar-refractivity contribution is 0.101. The van der Waals surface area contributed by atoms with Gasteiger partial charge in [0.15, 0.2) is 0 Å². The van der Waals surface area contributed by atoms with Crippen molar-refractivity contribution in [1.29, 1.82) is 0 Å². The lowest BCUT2D eigenvalue weighted by Gasteiger charge is -2.23. The van der Waals surface area contributed by atoms with Gasteiger partial charge in [-0.1, -0.05) is 32.0 Å². The smallest absolute Gasteiger partial charge is 0.0844 e. The van der Waals surface area contributed by atoms with Gasteiger partial charge in [0, 0.05) is 10.6 Å². The highest BCUT2D eigenvalue weighted by Crippen LogP contribution is 2.35. The fourth-order valence-electron chi connectivity index (χ4n) is 2.44. The third-order valence-electron chi connectivity index (χ3n) is 3.35. The third-order valence-corrected chi connectivity index (χ3v) is 4.33. The number of aliphatic hydroxyl groups is 1. The van der Waals surface area contributed by atoms with Crippen LogP contribution in [-0.4, -0.2) is 11.7 Å². The largest absolute Gasteiger partial charge is 0.388 e. The van der Waals surface area contributed by atoms with Crippen LogP contribution in [0, 0.1) is 11.8 Å². The molecule has 0 aliphatic carbocycles. The second kappa shape index (κ2) is 5.83. The van der Waals surface area contributed by atoms with Gasteiger partial charge in [0.2, 0.25) is 0 Å². The molecule has 18 heavy (non-hydrogen) atoms. The third kappa shape index (κ3) is 2.74. The summed E-state index contributed by atoms with van der Waals surface area (Å²) in [6.45, 7) is 4.87. The van der Waals surface area contributed by atoms with Gasteiger partial charge in [0.05, 0.1) is 6.10 Å². The quantitative estimate of drug-likeness (QED) is 0.866. The number of aliphatic hydroxyl groups excluding tert-OH is 1. The summed E-state index contributed by atoms with van der Waals surface area (Å²) in [5.74, 6) is 0.695. The van der Waals surface area contributed by atoms with E-state index in [0.717, 1.165) is 17.4 Å². The minimum absolute atomic E-state index is 0.142. The van der Waals surface area contributed by atoms with Crippen LogP contribution < -0.4 is 5.73 Å². The van der Waals surface area contributed by atoms with E-state index in [-0.39, 0.29) is 5.92 Å². The molecule has 98 valence electrons. The van der Waals surface area contributed by atoms with Crippen molar-refractivity contribution in [3.8, 4) is 0 Å². The zero-order valence-electron chi connectivity index (χ0n) is 11.0. The summed E-state index contributed by atoms with van der Waals surface area (Å²) >= 11 is 1.69. The zero-order valence-corrected chi connectivity index (χ0v) is 11.8. The number of hydrogen-bond acceptors (Lipinski definition) is 3. The Kier molecular flexibility index (Phi) is 4.38. The number of rotatable bonds is 5. The summed E-state index contributed by atoms with van der Waals surface area (Å²) in [4.78, 5) is 0.